The molecule has 0 saturated carbocycles. The molecule has 0 N–H and O–H groups in total. The molecule has 0 atom stereocenters. The van der Waals surface area contributed by atoms with Crippen molar-refractivity contribution in [1.29, 1.82) is 0 Å². The molecule has 0 aliphatic heterocycles. The Kier molecular flexibility index (Phi) is 5.34. The predicted octanol–water partition coefficient (Wildman–Crippen LogP) is -0.691. The van der Waals surface area contributed by atoms with Crippen LogP contribution in [0, 0.1) is 0 Å². The Balaban J connectivity index is 0.000000252. The number of aromatic nitrogens is 2. The number of imidazole rings is 1. The van der Waals surface area contributed by atoms with Crippen molar-refractivity contribution in [2.75, 3.05) is 7.11 Å². The molecule has 13 heavy (non-hydrogen) atoms. The van der Waals surface area contributed by atoms with Crippen LogP contribution in [0.1, 0.15) is 6.92 Å². The maximum absolute atomic E-state index is 9.03. The second-order valence-corrected chi connectivity index (χ2v) is 2.36. The second kappa shape index (κ2) is 6.05. The van der Waals surface area contributed by atoms with Crippen LogP contribution in [0.2, 0.25) is 0 Å². The lowest BCUT2D eigenvalue weighted by Crippen LogP contribution is -2.23. The molecule has 1 heterocycles. The summed E-state index contributed by atoms with van der Waals surface area (Å²) in [6.45, 7) is 3.18. The lowest BCUT2D eigenvalue weighted by Gasteiger charge is -1.92. The number of aryl methyl sites for hydroxylation is 2. The number of carbonyl (C=O) groups excluding carboxylic acids is 1. The fourth-order valence-electron chi connectivity index (χ4n) is 0.689. The van der Waals surface area contributed by atoms with Crippen molar-refractivity contribution in [2.24, 2.45) is 7.05 Å². The van der Waals surface area contributed by atoms with Gasteiger partial charge in [0.25, 0.3) is 6.16 Å². The van der Waals surface area contributed by atoms with E-state index < -0.39 is 6.16 Å². The van der Waals surface area contributed by atoms with E-state index in [0.29, 0.717) is 0 Å². The number of carboxylic acid groups (broad SMARTS) is 1. The molecule has 0 aliphatic rings. The summed E-state index contributed by atoms with van der Waals surface area (Å²) in [4.78, 5) is 9.03. The molecule has 1 rings (SSSR count). The molecule has 1 aromatic rings. The van der Waals surface area contributed by atoms with Crippen molar-refractivity contribution in [3.8, 4) is 0 Å². The van der Waals surface area contributed by atoms with Gasteiger partial charge < -0.3 is 14.6 Å². The molecule has 5 nitrogen and oxygen atoms in total. The SMILES string of the molecule is CCn1cc[n+](C)c1.COC(=O)[O-]. The van der Waals surface area contributed by atoms with Gasteiger partial charge in [-0.25, -0.2) is 9.13 Å². The lowest BCUT2D eigenvalue weighted by molar-refractivity contribution is -0.671. The zero-order chi connectivity index (χ0) is 10.3. The van der Waals surface area contributed by atoms with E-state index in [1.807, 2.05) is 17.8 Å². The zero-order valence-electron chi connectivity index (χ0n) is 8.06. The van der Waals surface area contributed by atoms with Gasteiger partial charge in [0.2, 0.25) is 6.33 Å². The summed E-state index contributed by atoms with van der Waals surface area (Å²) in [5.41, 5.74) is 0. The van der Waals surface area contributed by atoms with Gasteiger partial charge >= 0.3 is 0 Å². The molecule has 0 fully saturated rings. The van der Waals surface area contributed by atoms with Crippen molar-refractivity contribution in [1.82, 2.24) is 4.57 Å². The van der Waals surface area contributed by atoms with E-state index in [-0.39, 0.29) is 0 Å². The standard InChI is InChI=1S/C6H11N2.C2H4O3/c1-3-8-5-4-7(2)6-8;1-5-2(3)4/h4-6H,3H2,1-2H3;1H3,(H,3,4)/q+1;/p-1. The van der Waals surface area contributed by atoms with E-state index in [0.717, 1.165) is 13.7 Å². The van der Waals surface area contributed by atoms with Gasteiger partial charge in [0, 0.05) is 7.11 Å². The third-order valence-electron chi connectivity index (χ3n) is 1.36. The number of methoxy groups -OCH3 is 1. The van der Waals surface area contributed by atoms with E-state index in [1.165, 1.54) is 0 Å². The van der Waals surface area contributed by atoms with Crippen LogP contribution >= 0.6 is 0 Å². The van der Waals surface area contributed by atoms with Crippen LogP contribution in [-0.4, -0.2) is 17.8 Å². The highest BCUT2D eigenvalue weighted by Crippen LogP contribution is 1.79. The minimum Gasteiger partial charge on any atom is -0.553 e. The van der Waals surface area contributed by atoms with Crippen molar-refractivity contribution >= 4 is 6.16 Å². The first-order chi connectivity index (χ1) is 6.10. The van der Waals surface area contributed by atoms with Crippen LogP contribution in [0.4, 0.5) is 4.79 Å². The molecule has 0 aromatic carbocycles. The Morgan fingerprint density at radius 2 is 2.23 bits per heavy atom. The maximum atomic E-state index is 9.03. The van der Waals surface area contributed by atoms with Crippen LogP contribution in [-0.2, 0) is 18.3 Å². The molecule has 1 aromatic heterocycles. The lowest BCUT2D eigenvalue weighted by atomic mass is 10.7. The summed E-state index contributed by atoms with van der Waals surface area (Å²) in [5.74, 6) is 0. The van der Waals surface area contributed by atoms with Gasteiger partial charge in [-0.05, 0) is 6.92 Å². The molecule has 0 aliphatic carbocycles. The third kappa shape index (κ3) is 5.72. The summed E-state index contributed by atoms with van der Waals surface area (Å²) >= 11 is 0. The highest BCUT2D eigenvalue weighted by Gasteiger charge is 1.92. The minimum absolute atomic E-state index is 1.04. The first-order valence-corrected chi connectivity index (χ1v) is 3.86. The van der Waals surface area contributed by atoms with Gasteiger partial charge in [-0.1, -0.05) is 0 Å². The smallest absolute Gasteiger partial charge is 0.251 e. The molecule has 5 heteroatoms. The van der Waals surface area contributed by atoms with E-state index in [9.17, 15) is 0 Å². The van der Waals surface area contributed by atoms with Gasteiger partial charge in [-0.15, -0.1) is 0 Å². The quantitative estimate of drug-likeness (QED) is 0.431. The van der Waals surface area contributed by atoms with E-state index >= 15 is 0 Å². The maximum Gasteiger partial charge on any atom is 0.251 e. The molecular formula is C8H14N2O3. The largest absolute Gasteiger partial charge is 0.553 e. The average molecular weight is 186 g/mol. The molecule has 0 spiro atoms. The number of hydrogen-bond donors (Lipinski definition) is 0. The Hall–Kier alpha value is -1.52. The zero-order valence-corrected chi connectivity index (χ0v) is 8.06. The Morgan fingerprint density at radius 3 is 2.38 bits per heavy atom. The number of nitrogens with zero attached hydrogens (tertiary/aromatic N) is 2. The number of hydrogen-bond acceptors (Lipinski definition) is 3. The molecule has 0 bridgehead atoms. The van der Waals surface area contributed by atoms with Crippen molar-refractivity contribution < 1.29 is 19.2 Å². The van der Waals surface area contributed by atoms with Gasteiger partial charge in [0.1, 0.15) is 12.4 Å². The first kappa shape index (κ1) is 11.5. The van der Waals surface area contributed by atoms with Crippen LogP contribution in [0.3, 0.4) is 0 Å². The van der Waals surface area contributed by atoms with Gasteiger partial charge in [-0.2, -0.15) is 0 Å². The highest BCUT2D eigenvalue weighted by molar-refractivity contribution is 5.53. The van der Waals surface area contributed by atoms with E-state index in [1.54, 1.807) is 0 Å². The summed E-state index contributed by atoms with van der Waals surface area (Å²) in [6.07, 6.45) is 4.65. The van der Waals surface area contributed by atoms with Gasteiger partial charge in [0.15, 0.2) is 0 Å². The fourth-order valence-corrected chi connectivity index (χ4v) is 0.689. The molecular weight excluding hydrogens is 172 g/mol. The van der Waals surface area contributed by atoms with Crippen LogP contribution < -0.4 is 9.67 Å². The summed E-state index contributed by atoms with van der Waals surface area (Å²) in [6, 6.07) is 0. The molecule has 0 saturated heterocycles. The Morgan fingerprint density at radius 1 is 1.69 bits per heavy atom. The van der Waals surface area contributed by atoms with Gasteiger partial charge in [-0.3, -0.25) is 0 Å². The number of rotatable bonds is 1. The normalized spacial score (nSPS) is 8.54. The Bertz CT molecular complexity index is 258. The monoisotopic (exact) mass is 186 g/mol. The molecule has 0 amide bonds. The summed E-state index contributed by atoms with van der Waals surface area (Å²) < 4.78 is 7.71. The third-order valence-corrected chi connectivity index (χ3v) is 1.36. The van der Waals surface area contributed by atoms with E-state index in [2.05, 4.69) is 28.8 Å². The highest BCUT2D eigenvalue weighted by atomic mass is 16.6. The minimum atomic E-state index is -1.50. The predicted molar refractivity (Wildman–Crippen MR) is 43.7 cm³/mol. The van der Waals surface area contributed by atoms with Crippen LogP contribution in [0.5, 0.6) is 0 Å². The summed E-state index contributed by atoms with van der Waals surface area (Å²) in [5, 5.41) is 9.03. The van der Waals surface area contributed by atoms with Crippen LogP contribution in [0.15, 0.2) is 18.7 Å². The number of ether oxygens (including phenoxy) is 1. The average Bonchev–Trinajstić information content (AvgIpc) is 2.52. The summed E-state index contributed by atoms with van der Waals surface area (Å²) in [7, 11) is 3.06. The van der Waals surface area contributed by atoms with Crippen molar-refractivity contribution in [3.63, 3.8) is 0 Å². The second-order valence-electron chi connectivity index (χ2n) is 2.36. The molecule has 0 unspecified atom stereocenters. The molecule has 0 radical (unpaired) electrons. The van der Waals surface area contributed by atoms with E-state index in [4.69, 9.17) is 9.90 Å². The fraction of sp³-hybridized carbons (Fsp3) is 0.500. The van der Waals surface area contributed by atoms with Crippen LogP contribution in [0.25, 0.3) is 0 Å². The first-order valence-electron chi connectivity index (χ1n) is 3.86. The van der Waals surface area contributed by atoms with Crippen molar-refractivity contribution in [3.05, 3.63) is 18.7 Å². The number of carbonyl (C=O) groups is 1. The Labute approximate surface area is 77.2 Å². The topological polar surface area (TPSA) is 58.2 Å². The van der Waals surface area contributed by atoms with Gasteiger partial charge in [0.05, 0.1) is 13.6 Å². The molecule has 74 valence electrons. The van der Waals surface area contributed by atoms with Crippen molar-refractivity contribution in [2.45, 2.75) is 13.5 Å².